The Bertz CT molecular complexity index is 256. The van der Waals surface area contributed by atoms with Crippen LogP contribution in [0.3, 0.4) is 0 Å². The van der Waals surface area contributed by atoms with Gasteiger partial charge in [0.15, 0.2) is 0 Å². The molecule has 18 heavy (non-hydrogen) atoms. The van der Waals surface area contributed by atoms with Gasteiger partial charge in [0, 0.05) is 7.11 Å². The molecule has 7 heteroatoms. The van der Waals surface area contributed by atoms with E-state index in [0.717, 1.165) is 0 Å². The third-order valence-electron chi connectivity index (χ3n) is 2.42. The minimum Gasteiger partial charge on any atom is -0.382 e. The number of imide groups is 1. The highest BCUT2D eigenvalue weighted by Crippen LogP contribution is 1.96. The summed E-state index contributed by atoms with van der Waals surface area (Å²) >= 11 is 0. The second-order valence-electron chi connectivity index (χ2n) is 3.76. The molecule has 1 saturated heterocycles. The summed E-state index contributed by atoms with van der Waals surface area (Å²) in [6, 6.07) is 0. The van der Waals surface area contributed by atoms with Crippen LogP contribution in [0.2, 0.25) is 0 Å². The van der Waals surface area contributed by atoms with Crippen molar-refractivity contribution in [2.45, 2.75) is 0 Å². The third kappa shape index (κ3) is 5.54. The molecule has 1 fully saturated rings. The Labute approximate surface area is 106 Å². The molecule has 0 aliphatic carbocycles. The predicted molar refractivity (Wildman–Crippen MR) is 63.1 cm³/mol. The largest absolute Gasteiger partial charge is 0.382 e. The Kier molecular flexibility index (Phi) is 7.51. The van der Waals surface area contributed by atoms with E-state index in [1.54, 1.807) is 7.11 Å². The van der Waals surface area contributed by atoms with Gasteiger partial charge in [-0.3, -0.25) is 19.8 Å². The van der Waals surface area contributed by atoms with Crippen molar-refractivity contribution in [1.82, 2.24) is 10.2 Å². The van der Waals surface area contributed by atoms with Gasteiger partial charge < -0.3 is 14.2 Å². The van der Waals surface area contributed by atoms with Gasteiger partial charge in [-0.05, 0) is 0 Å². The minimum atomic E-state index is -0.203. The molecule has 0 bridgehead atoms. The average molecular weight is 260 g/mol. The molecule has 0 aromatic rings. The van der Waals surface area contributed by atoms with Crippen LogP contribution in [-0.2, 0) is 23.8 Å². The molecule has 1 aliphatic rings. The minimum absolute atomic E-state index is 0.203. The molecule has 7 nitrogen and oxygen atoms in total. The van der Waals surface area contributed by atoms with Gasteiger partial charge in [0.2, 0.25) is 11.8 Å². The number of hydrogen-bond acceptors (Lipinski definition) is 6. The lowest BCUT2D eigenvalue weighted by atomic mass is 10.3. The Hall–Kier alpha value is -1.02. The number of methoxy groups -OCH3 is 1. The van der Waals surface area contributed by atoms with Crippen molar-refractivity contribution < 1.29 is 23.8 Å². The van der Waals surface area contributed by atoms with Crippen LogP contribution >= 0.6 is 0 Å². The molecular formula is C11H20N2O5. The first-order chi connectivity index (χ1) is 8.75. The molecule has 1 aliphatic heterocycles. The molecule has 0 aromatic heterocycles. The average Bonchev–Trinajstić information content (AvgIpc) is 2.35. The molecule has 0 spiro atoms. The van der Waals surface area contributed by atoms with Gasteiger partial charge in [-0.15, -0.1) is 0 Å². The van der Waals surface area contributed by atoms with Crippen LogP contribution in [0.25, 0.3) is 0 Å². The van der Waals surface area contributed by atoms with Crippen LogP contribution in [0.4, 0.5) is 0 Å². The number of nitrogens with zero attached hydrogens (tertiary/aromatic N) is 1. The lowest BCUT2D eigenvalue weighted by Gasteiger charge is -2.25. The number of nitrogens with one attached hydrogen (secondary N) is 1. The van der Waals surface area contributed by atoms with Gasteiger partial charge in [0.05, 0.1) is 52.7 Å². The molecule has 0 unspecified atom stereocenters. The zero-order chi connectivity index (χ0) is 13.2. The Morgan fingerprint density at radius 2 is 1.56 bits per heavy atom. The summed E-state index contributed by atoms with van der Waals surface area (Å²) < 4.78 is 15.3. The fourth-order valence-corrected chi connectivity index (χ4v) is 1.48. The summed E-state index contributed by atoms with van der Waals surface area (Å²) in [6.07, 6.45) is 0. The third-order valence-corrected chi connectivity index (χ3v) is 2.42. The van der Waals surface area contributed by atoms with Crippen LogP contribution in [-0.4, -0.2) is 76.5 Å². The zero-order valence-corrected chi connectivity index (χ0v) is 10.6. The van der Waals surface area contributed by atoms with Crippen LogP contribution in [0.15, 0.2) is 0 Å². The molecule has 1 rings (SSSR count). The number of rotatable bonds is 9. The second-order valence-corrected chi connectivity index (χ2v) is 3.76. The Morgan fingerprint density at radius 1 is 1.00 bits per heavy atom. The highest BCUT2D eigenvalue weighted by Gasteiger charge is 2.24. The van der Waals surface area contributed by atoms with Gasteiger partial charge in [-0.2, -0.15) is 0 Å². The topological polar surface area (TPSA) is 77.1 Å². The van der Waals surface area contributed by atoms with E-state index in [-0.39, 0.29) is 24.9 Å². The van der Waals surface area contributed by atoms with Crippen LogP contribution < -0.4 is 5.32 Å². The standard InChI is InChI=1S/C11H20N2O5/c1-16-4-5-18-7-6-17-3-2-13-10(14)8-12-9-11(13)15/h12H,2-9H2,1H3. The Morgan fingerprint density at radius 3 is 2.17 bits per heavy atom. The van der Waals surface area contributed by atoms with Crippen LogP contribution in [0.1, 0.15) is 0 Å². The Balaban J connectivity index is 2.00. The van der Waals surface area contributed by atoms with E-state index in [9.17, 15) is 9.59 Å². The predicted octanol–water partition coefficient (Wildman–Crippen LogP) is -1.38. The van der Waals surface area contributed by atoms with Gasteiger partial charge in [0.25, 0.3) is 0 Å². The summed E-state index contributed by atoms with van der Waals surface area (Å²) in [5.74, 6) is -0.405. The van der Waals surface area contributed by atoms with Crippen molar-refractivity contribution >= 4 is 11.8 Å². The summed E-state index contributed by atoms with van der Waals surface area (Å²) in [5, 5.41) is 2.73. The molecule has 2 amide bonds. The van der Waals surface area contributed by atoms with E-state index < -0.39 is 0 Å². The number of carbonyl (C=O) groups is 2. The maximum atomic E-state index is 11.4. The number of hydrogen-bond donors (Lipinski definition) is 1. The molecule has 0 aromatic carbocycles. The molecule has 0 atom stereocenters. The van der Waals surface area contributed by atoms with Gasteiger partial charge in [-0.25, -0.2) is 0 Å². The number of amides is 2. The first-order valence-corrected chi connectivity index (χ1v) is 5.94. The molecule has 1 heterocycles. The lowest BCUT2D eigenvalue weighted by molar-refractivity contribution is -0.147. The van der Waals surface area contributed by atoms with E-state index in [1.807, 2.05) is 0 Å². The highest BCUT2D eigenvalue weighted by atomic mass is 16.5. The second kappa shape index (κ2) is 8.98. The van der Waals surface area contributed by atoms with Crippen molar-refractivity contribution in [2.24, 2.45) is 0 Å². The number of piperazine rings is 1. The van der Waals surface area contributed by atoms with E-state index in [4.69, 9.17) is 14.2 Å². The van der Waals surface area contributed by atoms with Crippen molar-refractivity contribution in [3.8, 4) is 0 Å². The molecule has 1 N–H and O–H groups in total. The first-order valence-electron chi connectivity index (χ1n) is 5.94. The zero-order valence-electron chi connectivity index (χ0n) is 10.6. The molecule has 0 radical (unpaired) electrons. The van der Waals surface area contributed by atoms with Gasteiger partial charge in [0.1, 0.15) is 0 Å². The van der Waals surface area contributed by atoms with E-state index in [1.165, 1.54) is 4.90 Å². The van der Waals surface area contributed by atoms with Crippen molar-refractivity contribution in [3.63, 3.8) is 0 Å². The van der Waals surface area contributed by atoms with Crippen LogP contribution in [0, 0.1) is 0 Å². The number of carbonyl (C=O) groups excluding carboxylic acids is 2. The monoisotopic (exact) mass is 260 g/mol. The van der Waals surface area contributed by atoms with Crippen molar-refractivity contribution in [3.05, 3.63) is 0 Å². The van der Waals surface area contributed by atoms with Crippen molar-refractivity contribution in [1.29, 1.82) is 0 Å². The summed E-state index contributed by atoms with van der Waals surface area (Å²) in [6.45, 7) is 3.09. The maximum Gasteiger partial charge on any atom is 0.243 e. The maximum absolute atomic E-state index is 11.4. The molecule has 104 valence electrons. The fraction of sp³-hybridized carbons (Fsp3) is 0.818. The highest BCUT2D eigenvalue weighted by molar-refractivity contribution is 5.99. The first kappa shape index (κ1) is 15.0. The normalized spacial score (nSPS) is 16.4. The number of ether oxygens (including phenoxy) is 3. The van der Waals surface area contributed by atoms with E-state index in [2.05, 4.69) is 5.32 Å². The smallest absolute Gasteiger partial charge is 0.243 e. The molecule has 0 saturated carbocycles. The van der Waals surface area contributed by atoms with Gasteiger partial charge in [-0.1, -0.05) is 0 Å². The molecular weight excluding hydrogens is 240 g/mol. The fourth-order valence-electron chi connectivity index (χ4n) is 1.48. The summed E-state index contributed by atoms with van der Waals surface area (Å²) in [7, 11) is 1.61. The van der Waals surface area contributed by atoms with Crippen LogP contribution in [0.5, 0.6) is 0 Å². The van der Waals surface area contributed by atoms with E-state index >= 15 is 0 Å². The lowest BCUT2D eigenvalue weighted by Crippen LogP contribution is -2.52. The summed E-state index contributed by atoms with van der Waals surface area (Å²) in [5.41, 5.74) is 0. The SMILES string of the molecule is COCCOCCOCCN1C(=O)CNCC1=O. The summed E-state index contributed by atoms with van der Waals surface area (Å²) in [4.78, 5) is 24.0. The van der Waals surface area contributed by atoms with E-state index in [0.29, 0.717) is 39.6 Å². The quantitative estimate of drug-likeness (QED) is 0.407. The van der Waals surface area contributed by atoms with Gasteiger partial charge >= 0.3 is 0 Å². The van der Waals surface area contributed by atoms with Crippen molar-refractivity contribution in [2.75, 3.05) is 59.8 Å².